The number of pyridine rings is 1. The van der Waals surface area contributed by atoms with Gasteiger partial charge in [-0.3, -0.25) is 4.90 Å². The van der Waals surface area contributed by atoms with Crippen molar-refractivity contribution in [3.8, 4) is 23.1 Å². The molecule has 2 aromatic heterocycles. The average molecular weight is 654 g/mol. The molecule has 0 saturated carbocycles. The standard InChI is InChI=1S/C30H30F7N7O2/c1-12-19(30(35,36)37)15(7-16(38)20(12)31)22-21(32)23-18-25(42-27(41-23)45-11-28-5-6-43(28)10-29(33,34)9-28)44-8-14-3-4-17(39-14)24(44)13(2)46-26(18)40-22/h7,13-14,17,24,39H,3-6,8-11,38H2,1-2H3/t13-,14+,17-,24+,28+/m0/s1. The minimum absolute atomic E-state index is 0.0266. The number of anilines is 2. The third kappa shape index (κ3) is 4.31. The summed E-state index contributed by atoms with van der Waals surface area (Å²) in [6.45, 7) is 3.07. The van der Waals surface area contributed by atoms with Crippen molar-refractivity contribution in [2.75, 3.05) is 36.9 Å². The SMILES string of the molecule is Cc1c(F)c(N)cc(-c2nc3c4c(nc(OC[C@]56CCN5CC(F)(F)C6)nc4c2F)N2C[C@H]4CC[C@H](N4)[C@H]2[C@H](C)O3)c1C(F)(F)F. The molecule has 46 heavy (non-hydrogen) atoms. The van der Waals surface area contributed by atoms with Crippen LogP contribution in [0.5, 0.6) is 11.9 Å². The van der Waals surface area contributed by atoms with Crippen molar-refractivity contribution in [1.82, 2.24) is 25.2 Å². The summed E-state index contributed by atoms with van der Waals surface area (Å²) in [6, 6.07) is 0.149. The molecular formula is C30H30F7N7O2. The van der Waals surface area contributed by atoms with Crippen molar-refractivity contribution in [2.45, 2.75) is 81.4 Å². The number of hydrogen-bond acceptors (Lipinski definition) is 9. The van der Waals surface area contributed by atoms with Gasteiger partial charge in [0.25, 0.3) is 5.92 Å². The molecule has 0 radical (unpaired) electrons. The average Bonchev–Trinajstić information content (AvgIpc) is 3.39. The maximum atomic E-state index is 16.7. The first-order valence-electron chi connectivity index (χ1n) is 15.2. The van der Waals surface area contributed by atoms with E-state index in [0.717, 1.165) is 19.8 Å². The Balaban J connectivity index is 1.33. The Hall–Kier alpha value is -3.66. The minimum atomic E-state index is -5.09. The number of halogens is 7. The first kappa shape index (κ1) is 29.7. The number of nitrogens with zero attached hydrogens (tertiary/aromatic N) is 5. The highest BCUT2D eigenvalue weighted by atomic mass is 19.4. The van der Waals surface area contributed by atoms with Crippen molar-refractivity contribution in [3.63, 3.8) is 0 Å². The third-order valence-electron chi connectivity index (χ3n) is 10.3. The first-order chi connectivity index (χ1) is 21.7. The second kappa shape index (κ2) is 9.69. The van der Waals surface area contributed by atoms with Gasteiger partial charge in [0.15, 0.2) is 5.82 Å². The molecule has 0 unspecified atom stereocenters. The Morgan fingerprint density at radius 1 is 1.15 bits per heavy atom. The summed E-state index contributed by atoms with van der Waals surface area (Å²) in [4.78, 5) is 16.8. The Morgan fingerprint density at radius 2 is 1.93 bits per heavy atom. The van der Waals surface area contributed by atoms with Crippen LogP contribution < -0.4 is 25.4 Å². The zero-order chi connectivity index (χ0) is 32.5. The van der Waals surface area contributed by atoms with Crippen molar-refractivity contribution in [1.29, 1.82) is 0 Å². The van der Waals surface area contributed by atoms with Gasteiger partial charge in [0, 0.05) is 37.2 Å². The van der Waals surface area contributed by atoms with E-state index in [9.17, 15) is 26.3 Å². The Bertz CT molecular complexity index is 1790. The largest absolute Gasteiger partial charge is 0.472 e. The van der Waals surface area contributed by atoms with E-state index in [-0.39, 0.29) is 47.8 Å². The molecule has 16 heteroatoms. The van der Waals surface area contributed by atoms with Crippen LogP contribution in [-0.2, 0) is 6.18 Å². The van der Waals surface area contributed by atoms with E-state index in [2.05, 4.69) is 20.3 Å². The van der Waals surface area contributed by atoms with Crippen LogP contribution in [0.3, 0.4) is 0 Å². The molecule has 3 N–H and O–H groups in total. The van der Waals surface area contributed by atoms with Gasteiger partial charge < -0.3 is 25.4 Å². The molecule has 7 heterocycles. The molecule has 5 aliphatic heterocycles. The molecule has 5 atom stereocenters. The van der Waals surface area contributed by atoms with E-state index in [1.54, 1.807) is 11.8 Å². The fourth-order valence-corrected chi connectivity index (χ4v) is 8.17. The lowest BCUT2D eigenvalue weighted by atomic mass is 9.85. The number of nitrogens with one attached hydrogen (secondary N) is 1. The molecule has 0 amide bonds. The second-order valence-corrected chi connectivity index (χ2v) is 13.2. The molecule has 5 aliphatic rings. The molecule has 0 aliphatic carbocycles. The summed E-state index contributed by atoms with van der Waals surface area (Å²) >= 11 is 0. The van der Waals surface area contributed by atoms with E-state index in [1.807, 2.05) is 4.90 Å². The molecule has 246 valence electrons. The molecule has 0 spiro atoms. The van der Waals surface area contributed by atoms with Crippen LogP contribution >= 0.6 is 0 Å². The van der Waals surface area contributed by atoms with Crippen LogP contribution in [0.2, 0.25) is 0 Å². The molecule has 3 aromatic rings. The molecule has 2 bridgehead atoms. The molecule has 9 nitrogen and oxygen atoms in total. The molecule has 8 rings (SSSR count). The quantitative estimate of drug-likeness (QED) is 0.303. The molecular weight excluding hydrogens is 623 g/mol. The highest BCUT2D eigenvalue weighted by molar-refractivity contribution is 5.97. The van der Waals surface area contributed by atoms with E-state index < -0.39 is 81.9 Å². The van der Waals surface area contributed by atoms with E-state index in [1.165, 1.54) is 0 Å². The number of fused-ring (bicyclic) bond motifs is 6. The van der Waals surface area contributed by atoms with Crippen molar-refractivity contribution in [3.05, 3.63) is 28.8 Å². The van der Waals surface area contributed by atoms with Crippen LogP contribution in [0.1, 0.15) is 43.7 Å². The molecule has 1 aromatic carbocycles. The number of alkyl halides is 5. The van der Waals surface area contributed by atoms with Gasteiger partial charge in [-0.2, -0.15) is 23.1 Å². The van der Waals surface area contributed by atoms with Crippen LogP contribution in [0.15, 0.2) is 6.07 Å². The van der Waals surface area contributed by atoms with Crippen LogP contribution in [0.25, 0.3) is 22.2 Å². The minimum Gasteiger partial charge on any atom is -0.472 e. The number of ether oxygens (including phenoxy) is 2. The summed E-state index contributed by atoms with van der Waals surface area (Å²) < 4.78 is 115. The third-order valence-corrected chi connectivity index (χ3v) is 10.3. The smallest absolute Gasteiger partial charge is 0.417 e. The number of nitrogens with two attached hydrogens (primary N) is 1. The fraction of sp³-hybridized carbons (Fsp3) is 0.567. The monoisotopic (exact) mass is 653 g/mol. The molecule has 4 fully saturated rings. The van der Waals surface area contributed by atoms with E-state index in [4.69, 9.17) is 15.2 Å². The summed E-state index contributed by atoms with van der Waals surface area (Å²) in [5.41, 5.74) is -0.0522. The van der Waals surface area contributed by atoms with E-state index in [0.29, 0.717) is 25.6 Å². The maximum absolute atomic E-state index is 16.7. The number of piperazine rings is 1. The fourth-order valence-electron chi connectivity index (χ4n) is 8.17. The Morgan fingerprint density at radius 3 is 2.63 bits per heavy atom. The zero-order valence-corrected chi connectivity index (χ0v) is 24.8. The van der Waals surface area contributed by atoms with Gasteiger partial charge >= 0.3 is 12.2 Å². The zero-order valence-electron chi connectivity index (χ0n) is 24.8. The Labute approximate surface area is 258 Å². The van der Waals surface area contributed by atoms with Crippen LogP contribution in [0.4, 0.5) is 42.2 Å². The number of rotatable bonds is 4. The summed E-state index contributed by atoms with van der Waals surface area (Å²) in [6.07, 6.45) is -3.89. The van der Waals surface area contributed by atoms with Crippen LogP contribution in [-0.4, -0.2) is 81.8 Å². The number of hydrogen-bond donors (Lipinski definition) is 2. The molecule has 4 saturated heterocycles. The van der Waals surface area contributed by atoms with Gasteiger partial charge in [-0.1, -0.05) is 0 Å². The Kier molecular flexibility index (Phi) is 6.26. The maximum Gasteiger partial charge on any atom is 0.417 e. The van der Waals surface area contributed by atoms with Crippen molar-refractivity contribution in [2.24, 2.45) is 0 Å². The lowest BCUT2D eigenvalue weighted by Crippen LogP contribution is -2.62. The van der Waals surface area contributed by atoms with Gasteiger partial charge in [-0.15, -0.1) is 0 Å². The highest BCUT2D eigenvalue weighted by Crippen LogP contribution is 2.49. The summed E-state index contributed by atoms with van der Waals surface area (Å²) in [5, 5.41) is 3.60. The normalized spacial score (nSPS) is 29.6. The summed E-state index contributed by atoms with van der Waals surface area (Å²) in [5.74, 6) is -5.37. The summed E-state index contributed by atoms with van der Waals surface area (Å²) in [7, 11) is 0. The van der Waals surface area contributed by atoms with Gasteiger partial charge in [-0.25, -0.2) is 22.5 Å². The predicted molar refractivity (Wildman–Crippen MR) is 152 cm³/mol. The number of aromatic nitrogens is 3. The van der Waals surface area contributed by atoms with Gasteiger partial charge in [0.2, 0.25) is 5.88 Å². The van der Waals surface area contributed by atoms with Gasteiger partial charge in [-0.05, 0) is 44.7 Å². The predicted octanol–water partition coefficient (Wildman–Crippen LogP) is 4.83. The second-order valence-electron chi connectivity index (χ2n) is 13.2. The van der Waals surface area contributed by atoms with Crippen molar-refractivity contribution >= 4 is 22.4 Å². The first-order valence-corrected chi connectivity index (χ1v) is 15.2. The van der Waals surface area contributed by atoms with Crippen molar-refractivity contribution < 1.29 is 40.2 Å². The number of nitrogen functional groups attached to an aromatic ring is 1. The highest BCUT2D eigenvalue weighted by Gasteiger charge is 2.60. The lowest BCUT2D eigenvalue weighted by Gasteiger charge is -2.46. The van der Waals surface area contributed by atoms with Crippen LogP contribution in [0, 0.1) is 18.6 Å². The lowest BCUT2D eigenvalue weighted by molar-refractivity contribution is -0.137. The van der Waals surface area contributed by atoms with Gasteiger partial charge in [0.05, 0.1) is 29.4 Å². The topological polar surface area (TPSA) is 102 Å². The number of benzene rings is 1. The van der Waals surface area contributed by atoms with E-state index >= 15 is 4.39 Å². The van der Waals surface area contributed by atoms with Gasteiger partial charge in [0.1, 0.15) is 40.9 Å².